The fraction of sp³-hybridized carbons (Fsp3) is 0.875. The largest absolute Gasteiger partial charge is 3.00 e. The molecule has 0 rings (SSSR count). The number of rotatable bonds is 18. The van der Waals surface area contributed by atoms with E-state index in [0.29, 0.717) is 38.5 Å². The van der Waals surface area contributed by atoms with Crippen LogP contribution in [0.5, 0.6) is 0 Å². The molecule has 3 unspecified atom stereocenters. The number of carbonyl (C=O) groups excluding carboxylic acids is 3. The molecule has 0 aliphatic carbocycles. The van der Waals surface area contributed by atoms with E-state index in [1.807, 2.05) is 41.5 Å². The molecule has 0 bridgehead atoms. The SMILES string of the molecule is CCCC(CC)C(=O)OCS(=O)(=O)O.CCCC(CC)C(=O)OCS(=O)(=O)[O-].CCCC(CC)C(=O)OCS(=O)(=O)[O-].[Ce+3]. The molecule has 0 saturated heterocycles. The molecule has 0 heterocycles. The quantitative estimate of drug-likeness (QED) is 0.119. The molecule has 1 N–H and O–H groups in total. The topological polar surface area (TPSA) is 248 Å². The van der Waals surface area contributed by atoms with Crippen LogP contribution >= 0.6 is 0 Å². The zero-order valence-electron chi connectivity index (χ0n) is 25.6. The third kappa shape index (κ3) is 32.7. The van der Waals surface area contributed by atoms with Crippen LogP contribution < -0.4 is 0 Å². The Labute approximate surface area is 290 Å². The second-order valence-electron chi connectivity index (χ2n) is 9.12. The average molecular weight is 811 g/mol. The summed E-state index contributed by atoms with van der Waals surface area (Å²) in [5, 5.41) is 0. The van der Waals surface area contributed by atoms with Crippen LogP contribution in [0.3, 0.4) is 0 Å². The summed E-state index contributed by atoms with van der Waals surface area (Å²) in [4.78, 5) is 33.6. The van der Waals surface area contributed by atoms with E-state index in [-0.39, 0.29) is 59.5 Å². The third-order valence-corrected chi connectivity index (χ3v) is 6.66. The van der Waals surface area contributed by atoms with E-state index in [9.17, 15) is 48.7 Å². The molecule has 15 nitrogen and oxygen atoms in total. The minimum Gasteiger partial charge on any atom is -0.745 e. The smallest absolute Gasteiger partial charge is 0.745 e. The van der Waals surface area contributed by atoms with Gasteiger partial charge in [0, 0.05) is 0 Å². The van der Waals surface area contributed by atoms with E-state index >= 15 is 0 Å². The Morgan fingerprint density at radius 3 is 0.953 bits per heavy atom. The van der Waals surface area contributed by atoms with Gasteiger partial charge in [-0.15, -0.1) is 0 Å². The van der Waals surface area contributed by atoms with Crippen molar-refractivity contribution >= 4 is 48.3 Å². The first-order valence-corrected chi connectivity index (χ1v) is 18.3. The average Bonchev–Trinajstić information content (AvgIpc) is 2.88. The number of hydrogen-bond acceptors (Lipinski definition) is 14. The standard InChI is InChI=1S/3C8H16O5S.Ce/c3*1-3-5-7(4-2)8(9)13-6-14(10,11)12;/h3*7H,3-6H2,1-2H3,(H,10,11,12);/q;;;+3/p-2. The van der Waals surface area contributed by atoms with Gasteiger partial charge in [0.15, 0.2) is 11.9 Å². The molecule has 19 heteroatoms. The van der Waals surface area contributed by atoms with Crippen molar-refractivity contribution in [3.8, 4) is 0 Å². The monoisotopic (exact) mass is 810 g/mol. The van der Waals surface area contributed by atoms with Gasteiger partial charge in [-0.25, -0.2) is 16.8 Å². The predicted molar refractivity (Wildman–Crippen MR) is 150 cm³/mol. The normalized spacial score (nSPS) is 13.3. The van der Waals surface area contributed by atoms with Crippen molar-refractivity contribution in [2.24, 2.45) is 17.8 Å². The van der Waals surface area contributed by atoms with Crippen LogP contribution in [0.4, 0.5) is 0 Å². The second-order valence-corrected chi connectivity index (χ2v) is 13.2. The number of ether oxygens (including phenoxy) is 3. The van der Waals surface area contributed by atoms with Crippen molar-refractivity contribution < 1.29 is 109 Å². The Kier molecular flexibility index (Phi) is 30.7. The first-order chi connectivity index (χ1) is 19.2. The molecule has 0 amide bonds. The Bertz CT molecular complexity index is 953. The van der Waals surface area contributed by atoms with E-state index in [0.717, 1.165) is 19.3 Å². The molecular formula is C24H46CeO15S3+. The van der Waals surface area contributed by atoms with E-state index in [1.165, 1.54) is 0 Å². The molecular weight excluding hydrogens is 765 g/mol. The molecule has 253 valence electrons. The van der Waals surface area contributed by atoms with E-state index in [2.05, 4.69) is 14.2 Å². The maximum atomic E-state index is 11.2. The maximum absolute atomic E-state index is 11.2. The van der Waals surface area contributed by atoms with E-state index in [1.54, 1.807) is 0 Å². The molecule has 0 aliphatic rings. The van der Waals surface area contributed by atoms with Gasteiger partial charge < -0.3 is 23.3 Å². The van der Waals surface area contributed by atoms with Crippen LogP contribution in [-0.4, -0.2) is 74.6 Å². The Morgan fingerprint density at radius 2 is 0.791 bits per heavy atom. The molecule has 0 spiro atoms. The van der Waals surface area contributed by atoms with Gasteiger partial charge in [-0.1, -0.05) is 60.8 Å². The van der Waals surface area contributed by atoms with Crippen molar-refractivity contribution in [3.63, 3.8) is 0 Å². The van der Waals surface area contributed by atoms with E-state index < -0.39 is 66.1 Å². The van der Waals surface area contributed by atoms with Crippen LogP contribution in [0.2, 0.25) is 0 Å². The van der Waals surface area contributed by atoms with Crippen LogP contribution in [0.15, 0.2) is 0 Å². The summed E-state index contributed by atoms with van der Waals surface area (Å²) >= 11 is 0. The Morgan fingerprint density at radius 1 is 0.558 bits per heavy atom. The molecule has 0 aromatic carbocycles. The summed E-state index contributed by atoms with van der Waals surface area (Å²) in [6.07, 6.45) is 6.22. The summed E-state index contributed by atoms with van der Waals surface area (Å²) in [7, 11) is -13.2. The van der Waals surface area contributed by atoms with Crippen molar-refractivity contribution in [1.29, 1.82) is 0 Å². The summed E-state index contributed by atoms with van der Waals surface area (Å²) in [5.41, 5.74) is 0. The van der Waals surface area contributed by atoms with Crippen molar-refractivity contribution in [2.45, 2.75) is 99.3 Å². The summed E-state index contributed by atoms with van der Waals surface area (Å²) in [6, 6.07) is 0. The number of esters is 3. The molecule has 0 aliphatic heterocycles. The Hall–Kier alpha value is -0.483. The summed E-state index contributed by atoms with van der Waals surface area (Å²) in [5.74, 6) is -5.73. The molecule has 1 radical (unpaired) electrons. The van der Waals surface area contributed by atoms with Crippen LogP contribution in [0.1, 0.15) is 99.3 Å². The van der Waals surface area contributed by atoms with Gasteiger partial charge in [0.25, 0.3) is 0 Å². The molecule has 43 heavy (non-hydrogen) atoms. The minimum atomic E-state index is -4.47. The van der Waals surface area contributed by atoms with Crippen molar-refractivity contribution in [3.05, 3.63) is 0 Å². The fourth-order valence-corrected chi connectivity index (χ4v) is 4.04. The molecule has 3 atom stereocenters. The number of carbonyl (C=O) groups is 3. The van der Waals surface area contributed by atoms with Gasteiger partial charge in [0.1, 0.15) is 20.2 Å². The molecule has 0 fully saturated rings. The second kappa shape index (κ2) is 26.7. The van der Waals surface area contributed by atoms with Gasteiger partial charge in [0.05, 0.1) is 17.8 Å². The molecule has 0 saturated carbocycles. The summed E-state index contributed by atoms with van der Waals surface area (Å²) < 4.78 is 103. The third-order valence-electron chi connectivity index (χ3n) is 5.43. The van der Waals surface area contributed by atoms with Crippen LogP contribution in [-0.2, 0) is 58.9 Å². The first kappa shape index (κ1) is 49.4. The predicted octanol–water partition coefficient (Wildman–Crippen LogP) is 2.92. The Balaban J connectivity index is -0.000000262. The first-order valence-electron chi connectivity index (χ1n) is 13.5. The number of hydrogen-bond donors (Lipinski definition) is 1. The van der Waals surface area contributed by atoms with Gasteiger partial charge in [-0.2, -0.15) is 8.42 Å². The van der Waals surface area contributed by atoms with Crippen LogP contribution in [0.25, 0.3) is 0 Å². The zero-order chi connectivity index (χ0) is 33.6. The minimum absolute atomic E-state index is 0. The van der Waals surface area contributed by atoms with Crippen molar-refractivity contribution in [2.75, 3.05) is 17.8 Å². The zero-order valence-corrected chi connectivity index (χ0v) is 31.2. The fourth-order valence-electron chi connectivity index (χ4n) is 3.26. The molecule has 0 aromatic rings. The van der Waals surface area contributed by atoms with E-state index in [4.69, 9.17) is 4.55 Å². The van der Waals surface area contributed by atoms with Gasteiger partial charge in [-0.05, 0) is 38.5 Å². The van der Waals surface area contributed by atoms with Crippen molar-refractivity contribution in [1.82, 2.24) is 0 Å². The van der Waals surface area contributed by atoms with Gasteiger partial charge in [-0.3, -0.25) is 18.9 Å². The molecule has 0 aromatic heterocycles. The maximum Gasteiger partial charge on any atom is 3.00 e. The van der Waals surface area contributed by atoms with Crippen LogP contribution in [0, 0.1) is 59.5 Å². The van der Waals surface area contributed by atoms with Gasteiger partial charge >= 0.3 is 69.8 Å². The summed E-state index contributed by atoms with van der Waals surface area (Å²) in [6.45, 7) is 11.2. The van der Waals surface area contributed by atoms with Gasteiger partial charge in [0.2, 0.25) is 5.94 Å².